The molecule has 1 aromatic carbocycles. The van der Waals surface area contributed by atoms with Crippen molar-refractivity contribution >= 4 is 39.6 Å². The number of carbonyl (C=O) groups excluding carboxylic acids is 1. The Kier molecular flexibility index (Phi) is 5.74. The van der Waals surface area contributed by atoms with E-state index >= 15 is 0 Å². The van der Waals surface area contributed by atoms with Crippen molar-refractivity contribution < 1.29 is 13.4 Å². The molecule has 0 spiro atoms. The standard InChI is InChI=1S/C26H32N6O3S/c1-16-4-6-20-19(14-16)28-24(35-20)26(2)9-11-32(12-10-26)25-29-18-8-13-36(34)22(18)23(30-25)27-17-5-7-21(33)31(3)15-17/h4,6,14,17H,5,7-13,15H2,1-3H3,(H,27,29,30)/t17-,36?/m0/s1. The summed E-state index contributed by atoms with van der Waals surface area (Å²) in [6.45, 7) is 6.48. The fourth-order valence-corrected chi connectivity index (χ4v) is 6.77. The number of aromatic nitrogens is 3. The second kappa shape index (κ2) is 8.83. The van der Waals surface area contributed by atoms with Gasteiger partial charge in [0.05, 0.1) is 16.5 Å². The van der Waals surface area contributed by atoms with Crippen LogP contribution in [0.15, 0.2) is 27.5 Å². The summed E-state index contributed by atoms with van der Waals surface area (Å²) in [7, 11) is 0.729. The van der Waals surface area contributed by atoms with Gasteiger partial charge in [0.2, 0.25) is 17.7 Å². The van der Waals surface area contributed by atoms with Crippen molar-refractivity contribution in [3.63, 3.8) is 0 Å². The molecule has 190 valence electrons. The van der Waals surface area contributed by atoms with Gasteiger partial charge in [-0.3, -0.25) is 9.00 Å². The first-order chi connectivity index (χ1) is 17.3. The summed E-state index contributed by atoms with van der Waals surface area (Å²) < 4.78 is 18.9. The number of carbonyl (C=O) groups is 1. The van der Waals surface area contributed by atoms with E-state index in [-0.39, 0.29) is 17.4 Å². The number of aryl methyl sites for hydroxylation is 2. The lowest BCUT2D eigenvalue weighted by Gasteiger charge is -2.37. The van der Waals surface area contributed by atoms with Gasteiger partial charge < -0.3 is 19.5 Å². The van der Waals surface area contributed by atoms with E-state index < -0.39 is 10.8 Å². The van der Waals surface area contributed by atoms with E-state index in [0.29, 0.717) is 36.9 Å². The van der Waals surface area contributed by atoms with Gasteiger partial charge >= 0.3 is 0 Å². The summed E-state index contributed by atoms with van der Waals surface area (Å²) in [6.07, 6.45) is 3.71. The SMILES string of the molecule is Cc1ccc2oc(C3(C)CCN(c4nc5c(c(N[C@H]6CCC(=O)N(C)C6)n4)S(=O)CC5)CC3)nc2c1. The van der Waals surface area contributed by atoms with Crippen LogP contribution in [0.2, 0.25) is 0 Å². The first kappa shape index (κ1) is 23.4. The molecular weight excluding hydrogens is 476 g/mol. The second-order valence-corrected chi connectivity index (χ2v) is 12.1. The lowest BCUT2D eigenvalue weighted by molar-refractivity contribution is -0.132. The summed E-state index contributed by atoms with van der Waals surface area (Å²) in [5.41, 5.74) is 3.65. The van der Waals surface area contributed by atoms with Crippen LogP contribution in [0.4, 0.5) is 11.8 Å². The molecule has 3 aromatic rings. The number of amides is 1. The Morgan fingerprint density at radius 1 is 1.17 bits per heavy atom. The highest BCUT2D eigenvalue weighted by Gasteiger charge is 2.38. The number of hydrogen-bond acceptors (Lipinski definition) is 8. The highest BCUT2D eigenvalue weighted by molar-refractivity contribution is 7.85. The number of nitrogens with zero attached hydrogens (tertiary/aromatic N) is 5. The lowest BCUT2D eigenvalue weighted by Crippen LogP contribution is -2.44. The van der Waals surface area contributed by atoms with E-state index in [1.54, 1.807) is 4.90 Å². The normalized spacial score (nSPS) is 23.8. The minimum Gasteiger partial charge on any atom is -0.440 e. The quantitative estimate of drug-likeness (QED) is 0.573. The molecule has 0 saturated carbocycles. The molecule has 1 N–H and O–H groups in total. The van der Waals surface area contributed by atoms with Crippen LogP contribution in [0.5, 0.6) is 0 Å². The number of anilines is 2. The Bertz CT molecular complexity index is 1360. The Balaban J connectivity index is 1.23. The highest BCUT2D eigenvalue weighted by Crippen LogP contribution is 2.38. The number of likely N-dealkylation sites (N-methyl/N-ethyl adjacent to an activating group) is 1. The molecule has 6 rings (SSSR count). The summed E-state index contributed by atoms with van der Waals surface area (Å²) in [6, 6.07) is 6.20. The number of likely N-dealkylation sites (tertiary alicyclic amines) is 1. The van der Waals surface area contributed by atoms with E-state index in [1.807, 2.05) is 13.1 Å². The van der Waals surface area contributed by atoms with Crippen LogP contribution in [0.1, 0.15) is 49.8 Å². The third-order valence-electron chi connectivity index (χ3n) is 7.85. The molecule has 2 saturated heterocycles. The number of benzene rings is 1. The van der Waals surface area contributed by atoms with Crippen molar-refractivity contribution in [2.45, 2.75) is 62.3 Å². The molecule has 0 radical (unpaired) electrons. The van der Waals surface area contributed by atoms with E-state index in [2.05, 4.69) is 36.2 Å². The molecule has 10 heteroatoms. The summed E-state index contributed by atoms with van der Waals surface area (Å²) in [5.74, 6) is 2.90. The minimum atomic E-state index is -1.10. The van der Waals surface area contributed by atoms with Gasteiger partial charge in [-0.15, -0.1) is 0 Å². The van der Waals surface area contributed by atoms with E-state index in [0.717, 1.165) is 59.9 Å². The fourth-order valence-electron chi connectivity index (χ4n) is 5.46. The minimum absolute atomic E-state index is 0.0876. The molecule has 2 atom stereocenters. The van der Waals surface area contributed by atoms with Crippen molar-refractivity contribution in [2.24, 2.45) is 0 Å². The van der Waals surface area contributed by atoms with Gasteiger partial charge in [0.15, 0.2) is 5.58 Å². The third kappa shape index (κ3) is 4.15. The van der Waals surface area contributed by atoms with Gasteiger partial charge in [-0.2, -0.15) is 4.98 Å². The second-order valence-electron chi connectivity index (χ2n) is 10.6. The van der Waals surface area contributed by atoms with Crippen LogP contribution < -0.4 is 10.2 Å². The molecular formula is C26H32N6O3S. The smallest absolute Gasteiger partial charge is 0.227 e. The molecule has 36 heavy (non-hydrogen) atoms. The van der Waals surface area contributed by atoms with Crippen molar-refractivity contribution in [1.29, 1.82) is 0 Å². The van der Waals surface area contributed by atoms with E-state index in [9.17, 15) is 9.00 Å². The largest absolute Gasteiger partial charge is 0.440 e. The molecule has 2 fully saturated rings. The van der Waals surface area contributed by atoms with Gasteiger partial charge in [-0.05, 0) is 43.9 Å². The van der Waals surface area contributed by atoms with Crippen LogP contribution in [0.3, 0.4) is 0 Å². The zero-order valence-corrected chi connectivity index (χ0v) is 21.9. The van der Waals surface area contributed by atoms with Gasteiger partial charge in [0.1, 0.15) is 16.2 Å². The predicted octanol–water partition coefficient (Wildman–Crippen LogP) is 3.18. The maximum atomic E-state index is 12.8. The Morgan fingerprint density at radius 3 is 2.75 bits per heavy atom. The highest BCUT2D eigenvalue weighted by atomic mass is 32.2. The zero-order valence-electron chi connectivity index (χ0n) is 21.0. The molecule has 3 aliphatic rings. The topological polar surface area (TPSA) is 104 Å². The van der Waals surface area contributed by atoms with Gasteiger partial charge in [0, 0.05) is 56.7 Å². The molecule has 0 aliphatic carbocycles. The van der Waals surface area contributed by atoms with Crippen molar-refractivity contribution in [1.82, 2.24) is 19.9 Å². The number of fused-ring (bicyclic) bond motifs is 2. The Morgan fingerprint density at radius 2 is 1.97 bits per heavy atom. The van der Waals surface area contributed by atoms with Crippen molar-refractivity contribution in [3.8, 4) is 0 Å². The Hall–Kier alpha value is -3.01. The molecule has 2 aromatic heterocycles. The lowest BCUT2D eigenvalue weighted by atomic mass is 9.80. The first-order valence-electron chi connectivity index (χ1n) is 12.7. The summed E-state index contributed by atoms with van der Waals surface area (Å²) in [5, 5.41) is 3.51. The molecule has 3 aliphatic heterocycles. The van der Waals surface area contributed by atoms with Gasteiger partial charge in [-0.1, -0.05) is 13.0 Å². The average molecular weight is 509 g/mol. The Labute approximate surface area is 213 Å². The number of rotatable bonds is 4. The molecule has 9 nitrogen and oxygen atoms in total. The number of nitrogens with one attached hydrogen (secondary N) is 1. The summed E-state index contributed by atoms with van der Waals surface area (Å²) >= 11 is 0. The summed E-state index contributed by atoms with van der Waals surface area (Å²) in [4.78, 5) is 31.2. The van der Waals surface area contributed by atoms with Crippen molar-refractivity contribution in [2.75, 3.05) is 42.7 Å². The monoisotopic (exact) mass is 508 g/mol. The molecule has 1 amide bonds. The maximum absolute atomic E-state index is 12.8. The number of oxazole rings is 1. The van der Waals surface area contributed by atoms with Crippen LogP contribution in [-0.2, 0) is 27.4 Å². The van der Waals surface area contributed by atoms with Crippen LogP contribution in [0, 0.1) is 6.92 Å². The molecule has 0 bridgehead atoms. The third-order valence-corrected chi connectivity index (χ3v) is 9.31. The molecule has 5 heterocycles. The van der Waals surface area contributed by atoms with E-state index in [1.165, 1.54) is 5.56 Å². The average Bonchev–Trinajstić information content (AvgIpc) is 3.46. The number of piperidine rings is 2. The van der Waals surface area contributed by atoms with Gasteiger partial charge in [0.25, 0.3) is 0 Å². The number of hydrogen-bond donors (Lipinski definition) is 1. The van der Waals surface area contributed by atoms with Crippen LogP contribution >= 0.6 is 0 Å². The first-order valence-corrected chi connectivity index (χ1v) is 14.0. The predicted molar refractivity (Wildman–Crippen MR) is 139 cm³/mol. The van der Waals surface area contributed by atoms with E-state index in [4.69, 9.17) is 19.4 Å². The maximum Gasteiger partial charge on any atom is 0.227 e. The van der Waals surface area contributed by atoms with Crippen molar-refractivity contribution in [3.05, 3.63) is 35.3 Å². The van der Waals surface area contributed by atoms with Crippen LogP contribution in [-0.4, -0.2) is 68.4 Å². The molecule has 1 unspecified atom stereocenters. The van der Waals surface area contributed by atoms with Gasteiger partial charge in [-0.25, -0.2) is 9.97 Å². The van der Waals surface area contributed by atoms with Crippen LogP contribution in [0.25, 0.3) is 11.1 Å². The zero-order chi connectivity index (χ0) is 25.0. The fraction of sp³-hybridized carbons (Fsp3) is 0.538.